The van der Waals surface area contributed by atoms with Gasteiger partial charge in [0.15, 0.2) is 0 Å². The number of rotatable bonds is 4. The van der Waals surface area contributed by atoms with Gasteiger partial charge in [-0.1, -0.05) is 0 Å². The Morgan fingerprint density at radius 1 is 0.857 bits per heavy atom. The molecule has 0 bridgehead atoms. The first-order valence-electron chi connectivity index (χ1n) is 6.28. The lowest BCUT2D eigenvalue weighted by atomic mass is 10.2. The van der Waals surface area contributed by atoms with Crippen LogP contribution < -0.4 is 20.2 Å². The maximum absolute atomic E-state index is 12.1. The number of anilines is 1. The number of benzene rings is 1. The molecule has 5 nitrogen and oxygen atoms in total. The van der Waals surface area contributed by atoms with Gasteiger partial charge in [-0.15, -0.1) is 0 Å². The molecule has 1 amide bonds. The third-order valence-electron chi connectivity index (χ3n) is 2.91. The molecule has 0 aromatic heterocycles. The first-order chi connectivity index (χ1) is 10.1. The Bertz CT molecular complexity index is 695. The van der Waals surface area contributed by atoms with Crippen LogP contribution in [0.15, 0.2) is 53.3 Å². The van der Waals surface area contributed by atoms with Gasteiger partial charge in [-0.05, 0) is 48.5 Å². The predicted molar refractivity (Wildman–Crippen MR) is 80.2 cm³/mol. The largest absolute Gasteiger partial charge is 0.497 e. The van der Waals surface area contributed by atoms with Crippen molar-refractivity contribution in [1.29, 1.82) is 0 Å². The highest BCUT2D eigenvalue weighted by molar-refractivity contribution is 6.04. The molecule has 0 aliphatic heterocycles. The van der Waals surface area contributed by atoms with Crippen molar-refractivity contribution in [2.24, 2.45) is 0 Å². The van der Waals surface area contributed by atoms with Gasteiger partial charge >= 0.3 is 0 Å². The minimum absolute atomic E-state index is 0.194. The second kappa shape index (κ2) is 6.56. The molecule has 108 valence electrons. The summed E-state index contributed by atoms with van der Waals surface area (Å²) < 4.78 is 10.1. The monoisotopic (exact) mass is 285 g/mol. The number of carbonyl (C=O) groups is 1. The van der Waals surface area contributed by atoms with Crippen molar-refractivity contribution in [3.05, 3.63) is 64.3 Å². The first-order valence-corrected chi connectivity index (χ1v) is 6.28. The highest BCUT2D eigenvalue weighted by Gasteiger charge is 2.08. The molecule has 1 N–H and O–H groups in total. The standard InChI is InChI=1S/C16H15NO4/c1-20-12-5-3-11(4-6-12)16(19)17-14-9-7-13(21-2)8-10-15(14)18/h3-10H,1-2H3,(H,17,18,19). The van der Waals surface area contributed by atoms with Crippen LogP contribution in [0.25, 0.3) is 0 Å². The number of nitrogens with one attached hydrogen (secondary N) is 1. The molecule has 0 unspecified atom stereocenters. The summed E-state index contributed by atoms with van der Waals surface area (Å²) >= 11 is 0. The van der Waals surface area contributed by atoms with E-state index in [4.69, 9.17) is 9.47 Å². The molecule has 0 spiro atoms. The zero-order valence-corrected chi connectivity index (χ0v) is 11.8. The fourth-order valence-electron chi connectivity index (χ4n) is 1.73. The molecular formula is C16H15NO4. The quantitative estimate of drug-likeness (QED) is 0.936. The molecule has 2 aromatic rings. The summed E-state index contributed by atoms with van der Waals surface area (Å²) in [5.41, 5.74) is 0.341. The van der Waals surface area contributed by atoms with Gasteiger partial charge < -0.3 is 14.8 Å². The number of ether oxygens (including phenoxy) is 2. The van der Waals surface area contributed by atoms with Gasteiger partial charge in [-0.3, -0.25) is 9.59 Å². The van der Waals surface area contributed by atoms with E-state index in [0.29, 0.717) is 17.1 Å². The average molecular weight is 285 g/mol. The molecule has 0 aliphatic rings. The molecule has 0 saturated heterocycles. The topological polar surface area (TPSA) is 64.6 Å². The van der Waals surface area contributed by atoms with Crippen molar-refractivity contribution in [2.75, 3.05) is 19.5 Å². The third-order valence-corrected chi connectivity index (χ3v) is 2.91. The molecule has 0 fully saturated rings. The van der Waals surface area contributed by atoms with Gasteiger partial charge in [0.25, 0.3) is 5.91 Å². The van der Waals surface area contributed by atoms with Crippen LogP contribution in [0.3, 0.4) is 0 Å². The number of hydrogen-bond acceptors (Lipinski definition) is 4. The SMILES string of the molecule is COc1ccc(C(=O)Nc2ccc(OC)ccc2=O)cc1. The Balaban J connectivity index is 2.23. The van der Waals surface area contributed by atoms with Gasteiger partial charge in [0.2, 0.25) is 5.43 Å². The Kier molecular flexibility index (Phi) is 4.56. The molecule has 0 heterocycles. The smallest absolute Gasteiger partial charge is 0.255 e. The summed E-state index contributed by atoms with van der Waals surface area (Å²) in [6, 6.07) is 12.6. The van der Waals surface area contributed by atoms with Crippen LogP contribution in [0.5, 0.6) is 11.5 Å². The van der Waals surface area contributed by atoms with E-state index in [1.54, 1.807) is 43.5 Å². The summed E-state index contributed by atoms with van der Waals surface area (Å²) in [5, 5.41) is 2.59. The highest BCUT2D eigenvalue weighted by atomic mass is 16.5. The van der Waals surface area contributed by atoms with Gasteiger partial charge in [0.05, 0.1) is 19.9 Å². The molecule has 0 atom stereocenters. The lowest BCUT2D eigenvalue weighted by Crippen LogP contribution is -2.16. The van der Waals surface area contributed by atoms with E-state index in [9.17, 15) is 9.59 Å². The molecule has 2 rings (SSSR count). The van der Waals surface area contributed by atoms with E-state index in [1.807, 2.05) is 0 Å². The van der Waals surface area contributed by atoms with Gasteiger partial charge in [-0.2, -0.15) is 0 Å². The number of amides is 1. The van der Waals surface area contributed by atoms with Crippen molar-refractivity contribution < 1.29 is 14.3 Å². The first kappa shape index (κ1) is 14.6. The van der Waals surface area contributed by atoms with E-state index < -0.39 is 0 Å². The van der Waals surface area contributed by atoms with Crippen molar-refractivity contribution >= 4 is 11.6 Å². The van der Waals surface area contributed by atoms with E-state index in [2.05, 4.69) is 5.32 Å². The number of carbonyl (C=O) groups excluding carboxylic acids is 1. The lowest BCUT2D eigenvalue weighted by Gasteiger charge is -2.04. The normalized spacial score (nSPS) is 9.81. The second-order valence-corrected chi connectivity index (χ2v) is 4.23. The zero-order chi connectivity index (χ0) is 15.2. The minimum Gasteiger partial charge on any atom is -0.497 e. The molecule has 0 saturated carbocycles. The van der Waals surface area contributed by atoms with Crippen LogP contribution in [-0.2, 0) is 0 Å². The Hall–Kier alpha value is -2.82. The maximum atomic E-state index is 12.1. The molecule has 0 aliphatic carbocycles. The summed E-state index contributed by atoms with van der Waals surface area (Å²) in [6.45, 7) is 0. The van der Waals surface area contributed by atoms with Crippen molar-refractivity contribution in [2.45, 2.75) is 0 Å². The van der Waals surface area contributed by atoms with Crippen LogP contribution >= 0.6 is 0 Å². The number of hydrogen-bond donors (Lipinski definition) is 1. The lowest BCUT2D eigenvalue weighted by molar-refractivity contribution is 0.102. The number of methoxy groups -OCH3 is 2. The van der Waals surface area contributed by atoms with E-state index in [0.717, 1.165) is 0 Å². The molecular weight excluding hydrogens is 270 g/mol. The van der Waals surface area contributed by atoms with Gasteiger partial charge in [0, 0.05) is 5.56 Å². The van der Waals surface area contributed by atoms with Gasteiger partial charge in [0.1, 0.15) is 11.5 Å². The predicted octanol–water partition coefficient (Wildman–Crippen LogP) is 2.32. The Morgan fingerprint density at radius 3 is 1.95 bits per heavy atom. The molecule has 0 radical (unpaired) electrons. The van der Waals surface area contributed by atoms with Crippen molar-refractivity contribution in [3.63, 3.8) is 0 Å². The fourth-order valence-corrected chi connectivity index (χ4v) is 1.73. The van der Waals surface area contributed by atoms with Crippen LogP contribution in [0.2, 0.25) is 0 Å². The van der Waals surface area contributed by atoms with Crippen LogP contribution in [-0.4, -0.2) is 20.1 Å². The summed E-state index contributed by atoms with van der Waals surface area (Å²) in [4.78, 5) is 24.0. The maximum Gasteiger partial charge on any atom is 0.255 e. The molecule has 2 aromatic carbocycles. The van der Waals surface area contributed by atoms with E-state index in [-0.39, 0.29) is 17.0 Å². The summed E-state index contributed by atoms with van der Waals surface area (Å²) in [5.74, 6) is 0.837. The summed E-state index contributed by atoms with van der Waals surface area (Å²) in [7, 11) is 3.06. The van der Waals surface area contributed by atoms with Crippen molar-refractivity contribution in [3.8, 4) is 11.5 Å². The minimum atomic E-state index is -0.361. The Morgan fingerprint density at radius 2 is 1.38 bits per heavy atom. The highest BCUT2D eigenvalue weighted by Crippen LogP contribution is 2.13. The second-order valence-electron chi connectivity index (χ2n) is 4.23. The molecule has 21 heavy (non-hydrogen) atoms. The van der Waals surface area contributed by atoms with Crippen LogP contribution in [0, 0.1) is 0 Å². The zero-order valence-electron chi connectivity index (χ0n) is 11.8. The summed E-state index contributed by atoms with van der Waals surface area (Å²) in [6.07, 6.45) is 0. The Labute approximate surface area is 122 Å². The van der Waals surface area contributed by atoms with E-state index >= 15 is 0 Å². The van der Waals surface area contributed by atoms with E-state index in [1.165, 1.54) is 19.2 Å². The average Bonchev–Trinajstić information content (AvgIpc) is 2.70. The fraction of sp³-hybridized carbons (Fsp3) is 0.125. The van der Waals surface area contributed by atoms with Crippen molar-refractivity contribution in [1.82, 2.24) is 0 Å². The molecule has 5 heteroatoms. The van der Waals surface area contributed by atoms with Gasteiger partial charge in [-0.25, -0.2) is 0 Å². The van der Waals surface area contributed by atoms with Crippen LogP contribution in [0.4, 0.5) is 5.69 Å². The van der Waals surface area contributed by atoms with Crippen LogP contribution in [0.1, 0.15) is 10.4 Å². The third kappa shape index (κ3) is 3.60.